The van der Waals surface area contributed by atoms with Crippen molar-refractivity contribution >= 4 is 29.2 Å². The lowest BCUT2D eigenvalue weighted by molar-refractivity contribution is -0.138. The first-order chi connectivity index (χ1) is 11.8. The van der Waals surface area contributed by atoms with Crippen molar-refractivity contribution in [3.8, 4) is 0 Å². The third kappa shape index (κ3) is 6.66. The van der Waals surface area contributed by atoms with Gasteiger partial charge in [0.25, 0.3) is 0 Å². The van der Waals surface area contributed by atoms with Crippen LogP contribution in [0.3, 0.4) is 0 Å². The van der Waals surface area contributed by atoms with Crippen molar-refractivity contribution in [1.82, 2.24) is 0 Å². The zero-order valence-corrected chi connectivity index (χ0v) is 15.1. The number of benzene rings is 1. The van der Waals surface area contributed by atoms with Crippen LogP contribution in [0.2, 0.25) is 0 Å². The summed E-state index contributed by atoms with van der Waals surface area (Å²) in [5.41, 5.74) is 1.90. The van der Waals surface area contributed by atoms with Crippen LogP contribution >= 0.6 is 0 Å². The van der Waals surface area contributed by atoms with Crippen molar-refractivity contribution in [2.24, 2.45) is 5.92 Å². The molecule has 1 aromatic rings. The number of nitrogens with one attached hydrogen (secondary N) is 2. The summed E-state index contributed by atoms with van der Waals surface area (Å²) in [4.78, 5) is 35.2. The summed E-state index contributed by atoms with van der Waals surface area (Å²) >= 11 is 0. The molecule has 0 spiro atoms. The predicted octanol–water partition coefficient (Wildman–Crippen LogP) is 2.62. The molecule has 0 fully saturated rings. The molecule has 0 radical (unpaired) electrons. The first-order valence-corrected chi connectivity index (χ1v) is 7.82. The predicted molar refractivity (Wildman–Crippen MR) is 95.0 cm³/mol. The SMILES string of the molecule is COC(=O)/C=C(/Nc1cc(NC(=O)CC(C)C)ccc1C)C(=O)OC. The Hall–Kier alpha value is -2.83. The van der Waals surface area contributed by atoms with Crippen molar-refractivity contribution in [3.63, 3.8) is 0 Å². The maximum atomic E-state index is 11.9. The van der Waals surface area contributed by atoms with Crippen LogP contribution < -0.4 is 10.6 Å². The van der Waals surface area contributed by atoms with Crippen molar-refractivity contribution in [2.75, 3.05) is 24.9 Å². The molecule has 7 heteroatoms. The number of methoxy groups -OCH3 is 2. The van der Waals surface area contributed by atoms with Gasteiger partial charge >= 0.3 is 11.9 Å². The van der Waals surface area contributed by atoms with E-state index in [2.05, 4.69) is 20.1 Å². The Morgan fingerprint density at radius 2 is 1.80 bits per heavy atom. The standard InChI is InChI=1S/C18H24N2O5/c1-11(2)8-16(21)19-13-7-6-12(3)14(9-13)20-15(18(23)25-5)10-17(22)24-4/h6-7,9-11,20H,8H2,1-5H3,(H,19,21)/b15-10+. The number of rotatable bonds is 7. The second-order valence-electron chi connectivity index (χ2n) is 5.87. The number of esters is 2. The van der Waals surface area contributed by atoms with Crippen LogP contribution in [0.4, 0.5) is 11.4 Å². The third-order valence-corrected chi connectivity index (χ3v) is 3.25. The lowest BCUT2D eigenvalue weighted by Gasteiger charge is -2.14. The molecule has 1 aromatic carbocycles. The zero-order chi connectivity index (χ0) is 19.0. The Morgan fingerprint density at radius 3 is 2.36 bits per heavy atom. The van der Waals surface area contributed by atoms with Crippen LogP contribution in [-0.4, -0.2) is 32.1 Å². The number of amides is 1. The molecule has 0 aliphatic rings. The number of carbonyl (C=O) groups excluding carboxylic acids is 3. The smallest absolute Gasteiger partial charge is 0.354 e. The highest BCUT2D eigenvalue weighted by Crippen LogP contribution is 2.22. The first-order valence-electron chi connectivity index (χ1n) is 7.82. The van der Waals surface area contributed by atoms with Gasteiger partial charge in [0.1, 0.15) is 5.70 Å². The highest BCUT2D eigenvalue weighted by Gasteiger charge is 2.14. The average molecular weight is 348 g/mol. The minimum absolute atomic E-state index is 0.0666. The van der Waals surface area contributed by atoms with E-state index < -0.39 is 11.9 Å². The number of hydrogen-bond acceptors (Lipinski definition) is 6. The molecule has 0 aromatic heterocycles. The first kappa shape index (κ1) is 20.2. The molecule has 0 unspecified atom stereocenters. The summed E-state index contributed by atoms with van der Waals surface area (Å²) in [7, 11) is 2.43. The maximum absolute atomic E-state index is 11.9. The molecular weight excluding hydrogens is 324 g/mol. The average Bonchev–Trinajstić information content (AvgIpc) is 2.55. The van der Waals surface area contributed by atoms with Gasteiger partial charge in [0.15, 0.2) is 0 Å². The van der Waals surface area contributed by atoms with Gasteiger partial charge in [-0.25, -0.2) is 9.59 Å². The molecule has 0 heterocycles. The van der Waals surface area contributed by atoms with Crippen LogP contribution in [0, 0.1) is 12.8 Å². The van der Waals surface area contributed by atoms with Crippen molar-refractivity contribution in [1.29, 1.82) is 0 Å². The Balaban J connectivity index is 3.04. The molecule has 7 nitrogen and oxygen atoms in total. The normalized spacial score (nSPS) is 11.0. The molecule has 136 valence electrons. The van der Waals surface area contributed by atoms with Crippen LogP contribution in [0.5, 0.6) is 0 Å². The number of anilines is 2. The van der Waals surface area contributed by atoms with Gasteiger partial charge in [-0.05, 0) is 30.5 Å². The van der Waals surface area contributed by atoms with E-state index >= 15 is 0 Å². The van der Waals surface area contributed by atoms with Gasteiger partial charge in [0, 0.05) is 17.8 Å². The van der Waals surface area contributed by atoms with E-state index in [0.29, 0.717) is 17.8 Å². The van der Waals surface area contributed by atoms with Gasteiger partial charge in [0.05, 0.1) is 20.3 Å². The Labute approximate surface area is 147 Å². The lowest BCUT2D eigenvalue weighted by atomic mass is 10.1. The van der Waals surface area contributed by atoms with Gasteiger partial charge in [-0.1, -0.05) is 19.9 Å². The summed E-state index contributed by atoms with van der Waals surface area (Å²) in [6, 6.07) is 5.24. The van der Waals surface area contributed by atoms with Gasteiger partial charge < -0.3 is 20.1 Å². The Morgan fingerprint density at radius 1 is 1.12 bits per heavy atom. The molecule has 0 bridgehead atoms. The molecule has 0 saturated carbocycles. The fraction of sp³-hybridized carbons (Fsp3) is 0.389. The second-order valence-corrected chi connectivity index (χ2v) is 5.87. The fourth-order valence-corrected chi connectivity index (χ4v) is 2.00. The number of hydrogen-bond donors (Lipinski definition) is 2. The summed E-state index contributed by atoms with van der Waals surface area (Å²) in [5.74, 6) is -1.24. The molecule has 0 saturated heterocycles. The quantitative estimate of drug-likeness (QED) is 0.581. The van der Waals surface area contributed by atoms with Gasteiger partial charge in [0.2, 0.25) is 5.91 Å². The van der Waals surface area contributed by atoms with E-state index in [-0.39, 0.29) is 17.5 Å². The van der Waals surface area contributed by atoms with E-state index in [1.165, 1.54) is 14.2 Å². The number of aryl methyl sites for hydroxylation is 1. The molecule has 0 atom stereocenters. The van der Waals surface area contributed by atoms with E-state index in [1.807, 2.05) is 20.8 Å². The molecule has 1 amide bonds. The van der Waals surface area contributed by atoms with E-state index in [4.69, 9.17) is 0 Å². The molecular formula is C18H24N2O5. The molecule has 25 heavy (non-hydrogen) atoms. The molecule has 0 aliphatic heterocycles. The summed E-state index contributed by atoms with van der Waals surface area (Å²) < 4.78 is 9.20. The highest BCUT2D eigenvalue weighted by molar-refractivity contribution is 5.99. The summed E-state index contributed by atoms with van der Waals surface area (Å²) in [6.45, 7) is 5.75. The van der Waals surface area contributed by atoms with E-state index in [9.17, 15) is 14.4 Å². The van der Waals surface area contributed by atoms with Crippen molar-refractivity contribution in [3.05, 3.63) is 35.5 Å². The van der Waals surface area contributed by atoms with Crippen LogP contribution in [0.15, 0.2) is 30.0 Å². The lowest BCUT2D eigenvalue weighted by Crippen LogP contribution is -2.17. The number of carbonyl (C=O) groups is 3. The van der Waals surface area contributed by atoms with Gasteiger partial charge in [-0.15, -0.1) is 0 Å². The van der Waals surface area contributed by atoms with Crippen molar-refractivity contribution < 1.29 is 23.9 Å². The van der Waals surface area contributed by atoms with Crippen LogP contribution in [-0.2, 0) is 23.9 Å². The van der Waals surface area contributed by atoms with Gasteiger partial charge in [-0.3, -0.25) is 4.79 Å². The van der Waals surface area contributed by atoms with Crippen molar-refractivity contribution in [2.45, 2.75) is 27.2 Å². The van der Waals surface area contributed by atoms with Crippen LogP contribution in [0.25, 0.3) is 0 Å². The van der Waals surface area contributed by atoms with E-state index in [1.54, 1.807) is 18.2 Å². The third-order valence-electron chi connectivity index (χ3n) is 3.25. The van der Waals surface area contributed by atoms with Gasteiger partial charge in [-0.2, -0.15) is 0 Å². The Kier molecular flexibility index (Phi) is 7.65. The monoisotopic (exact) mass is 348 g/mol. The largest absolute Gasteiger partial charge is 0.466 e. The maximum Gasteiger partial charge on any atom is 0.354 e. The summed E-state index contributed by atoms with van der Waals surface area (Å²) in [6.07, 6.45) is 1.42. The zero-order valence-electron chi connectivity index (χ0n) is 15.1. The number of ether oxygens (including phenoxy) is 2. The van der Waals surface area contributed by atoms with E-state index in [0.717, 1.165) is 11.6 Å². The molecule has 2 N–H and O–H groups in total. The molecule has 1 rings (SSSR count). The minimum Gasteiger partial charge on any atom is -0.466 e. The second kappa shape index (κ2) is 9.46. The Bertz CT molecular complexity index is 680. The minimum atomic E-state index is -0.709. The fourth-order valence-electron chi connectivity index (χ4n) is 2.00. The molecule has 0 aliphatic carbocycles. The highest BCUT2D eigenvalue weighted by atomic mass is 16.5. The summed E-state index contributed by atoms with van der Waals surface area (Å²) in [5, 5.41) is 5.66. The van der Waals surface area contributed by atoms with Crippen LogP contribution in [0.1, 0.15) is 25.8 Å². The topological polar surface area (TPSA) is 93.7 Å².